The number of rotatable bonds is 6. The van der Waals surface area contributed by atoms with Gasteiger partial charge in [0.1, 0.15) is 11.4 Å². The Morgan fingerprint density at radius 3 is 2.30 bits per heavy atom. The normalized spacial score (nSPS) is 18.4. The van der Waals surface area contributed by atoms with Gasteiger partial charge in [-0.05, 0) is 84.7 Å². The SMILES string of the molecule is Cc1ccccc1-c1cccc(CN2CCC3(CC2)C(NC2CCCCC2)=NC(=O)N3c2ccccc2-c2ccc(C#N)cc2)c1. The van der Waals surface area contributed by atoms with Crippen molar-refractivity contribution in [1.82, 2.24) is 10.2 Å². The van der Waals surface area contributed by atoms with Crippen LogP contribution in [0.2, 0.25) is 0 Å². The summed E-state index contributed by atoms with van der Waals surface area (Å²) in [6, 6.07) is 35.6. The molecule has 232 valence electrons. The lowest BCUT2D eigenvalue weighted by Gasteiger charge is -2.46. The minimum absolute atomic E-state index is 0.196. The maximum atomic E-state index is 14.0. The number of carbonyl (C=O) groups excluding carboxylic acids is 1. The Bertz CT molecular complexity index is 1790. The van der Waals surface area contributed by atoms with Crippen LogP contribution in [-0.4, -0.2) is 41.4 Å². The van der Waals surface area contributed by atoms with Gasteiger partial charge in [-0.2, -0.15) is 10.3 Å². The third-order valence-corrected chi connectivity index (χ3v) is 10.2. The number of hydrogen-bond donors (Lipinski definition) is 1. The van der Waals surface area contributed by atoms with E-state index in [2.05, 4.69) is 83.9 Å². The number of hydrogen-bond acceptors (Lipinski definition) is 4. The summed E-state index contributed by atoms with van der Waals surface area (Å²) >= 11 is 0. The fraction of sp³-hybridized carbons (Fsp3) is 0.325. The Morgan fingerprint density at radius 1 is 0.848 bits per heavy atom. The number of nitrogens with one attached hydrogen (secondary N) is 1. The highest BCUT2D eigenvalue weighted by molar-refractivity contribution is 6.17. The number of amides is 2. The van der Waals surface area contributed by atoms with Gasteiger partial charge in [0.25, 0.3) is 0 Å². The van der Waals surface area contributed by atoms with Crippen LogP contribution in [0.5, 0.6) is 0 Å². The fourth-order valence-corrected chi connectivity index (χ4v) is 7.65. The van der Waals surface area contributed by atoms with Crippen LogP contribution in [-0.2, 0) is 6.54 Å². The zero-order valence-electron chi connectivity index (χ0n) is 26.6. The number of anilines is 1. The average Bonchev–Trinajstić information content (AvgIpc) is 3.35. The molecule has 1 aliphatic carbocycles. The van der Waals surface area contributed by atoms with Crippen LogP contribution >= 0.6 is 0 Å². The molecule has 2 amide bonds. The summed E-state index contributed by atoms with van der Waals surface area (Å²) in [6.07, 6.45) is 7.55. The van der Waals surface area contributed by atoms with Gasteiger partial charge >= 0.3 is 6.03 Å². The predicted octanol–water partition coefficient (Wildman–Crippen LogP) is 8.50. The number of para-hydroxylation sites is 1. The first-order valence-corrected chi connectivity index (χ1v) is 16.7. The lowest BCUT2D eigenvalue weighted by molar-refractivity contribution is 0.181. The van der Waals surface area contributed by atoms with E-state index in [1.165, 1.54) is 41.5 Å². The molecule has 1 saturated heterocycles. The topological polar surface area (TPSA) is 71.7 Å². The molecule has 1 spiro atoms. The second kappa shape index (κ2) is 12.9. The second-order valence-corrected chi connectivity index (χ2v) is 13.1. The van der Waals surface area contributed by atoms with Crippen molar-refractivity contribution < 1.29 is 4.79 Å². The van der Waals surface area contributed by atoms with Crippen molar-refractivity contribution in [3.8, 4) is 28.3 Å². The van der Waals surface area contributed by atoms with Crippen molar-refractivity contribution in [3.05, 3.63) is 114 Å². The molecule has 4 aromatic rings. The van der Waals surface area contributed by atoms with Gasteiger partial charge < -0.3 is 5.32 Å². The molecule has 3 aliphatic rings. The standard InChI is InChI=1S/C40H41N5O/c1-29-10-5-6-15-35(29)33-12-9-11-31(26-33)28-44-24-22-40(23-25-44)38(42-34-13-3-2-4-14-34)43-39(46)45(40)37-17-8-7-16-36(37)32-20-18-30(27-41)19-21-32/h5-12,15-21,26,34H,2-4,13-14,22-25,28H2,1H3,(H,42,43,46). The largest absolute Gasteiger partial charge is 0.369 e. The predicted molar refractivity (Wildman–Crippen MR) is 186 cm³/mol. The van der Waals surface area contributed by atoms with Crippen LogP contribution in [0, 0.1) is 18.3 Å². The summed E-state index contributed by atoms with van der Waals surface area (Å²) in [5, 5.41) is 13.2. The van der Waals surface area contributed by atoms with Crippen LogP contribution < -0.4 is 10.2 Å². The number of nitriles is 1. The first kappa shape index (κ1) is 30.0. The van der Waals surface area contributed by atoms with Gasteiger partial charge in [-0.1, -0.05) is 92.1 Å². The van der Waals surface area contributed by atoms with Crippen molar-refractivity contribution in [3.63, 3.8) is 0 Å². The van der Waals surface area contributed by atoms with Gasteiger partial charge in [0.15, 0.2) is 0 Å². The van der Waals surface area contributed by atoms with Crippen molar-refractivity contribution in [2.45, 2.75) is 70.0 Å². The molecule has 2 heterocycles. The van der Waals surface area contributed by atoms with Gasteiger partial charge in [-0.3, -0.25) is 9.80 Å². The van der Waals surface area contributed by atoms with Gasteiger partial charge in [0.05, 0.1) is 17.3 Å². The molecule has 0 radical (unpaired) electrons. The van der Waals surface area contributed by atoms with Gasteiger partial charge in [0, 0.05) is 31.2 Å². The van der Waals surface area contributed by atoms with Gasteiger partial charge in [-0.25, -0.2) is 4.79 Å². The number of carbonyl (C=O) groups is 1. The maximum Gasteiger partial charge on any atom is 0.350 e. The lowest BCUT2D eigenvalue weighted by Crippen LogP contribution is -2.62. The summed E-state index contributed by atoms with van der Waals surface area (Å²) in [7, 11) is 0. The van der Waals surface area contributed by atoms with E-state index >= 15 is 0 Å². The summed E-state index contributed by atoms with van der Waals surface area (Å²) in [4.78, 5) is 23.3. The Morgan fingerprint density at radius 2 is 1.57 bits per heavy atom. The van der Waals surface area contributed by atoms with Crippen molar-refractivity contribution in [2.24, 2.45) is 4.99 Å². The van der Waals surface area contributed by atoms with E-state index in [4.69, 9.17) is 4.99 Å². The lowest BCUT2D eigenvalue weighted by atomic mass is 9.83. The average molecular weight is 608 g/mol. The molecule has 0 unspecified atom stereocenters. The number of aliphatic imine (C=N–C) groups is 1. The van der Waals surface area contributed by atoms with E-state index in [0.717, 1.165) is 68.0 Å². The third kappa shape index (κ3) is 5.84. The van der Waals surface area contributed by atoms with E-state index in [0.29, 0.717) is 11.6 Å². The summed E-state index contributed by atoms with van der Waals surface area (Å²) in [6.45, 7) is 4.76. The molecule has 6 heteroatoms. The summed E-state index contributed by atoms with van der Waals surface area (Å²) < 4.78 is 0. The van der Waals surface area contributed by atoms with Crippen molar-refractivity contribution >= 4 is 17.6 Å². The van der Waals surface area contributed by atoms with E-state index in [-0.39, 0.29) is 6.03 Å². The van der Waals surface area contributed by atoms with Crippen molar-refractivity contribution in [1.29, 1.82) is 5.26 Å². The number of likely N-dealkylation sites (tertiary alicyclic amines) is 1. The van der Waals surface area contributed by atoms with Gasteiger partial charge in [0.2, 0.25) is 0 Å². The molecule has 2 aliphatic heterocycles. The summed E-state index contributed by atoms with van der Waals surface area (Å²) in [5.41, 5.74) is 8.04. The Balaban J connectivity index is 1.18. The number of aryl methyl sites for hydroxylation is 1. The fourth-order valence-electron chi connectivity index (χ4n) is 7.65. The molecule has 0 bridgehead atoms. The number of piperidine rings is 1. The molecular weight excluding hydrogens is 566 g/mol. The molecule has 6 nitrogen and oxygen atoms in total. The van der Waals surface area contributed by atoms with E-state index in [1.54, 1.807) is 0 Å². The van der Waals surface area contributed by atoms with Crippen LogP contribution in [0.25, 0.3) is 22.3 Å². The van der Waals surface area contributed by atoms with E-state index in [1.807, 2.05) is 41.3 Å². The molecule has 4 aromatic carbocycles. The molecule has 0 aromatic heterocycles. The molecule has 1 saturated carbocycles. The van der Waals surface area contributed by atoms with Crippen LogP contribution in [0.1, 0.15) is 61.6 Å². The minimum atomic E-state index is -0.531. The highest BCUT2D eigenvalue weighted by atomic mass is 16.2. The molecule has 0 atom stereocenters. The highest BCUT2D eigenvalue weighted by Gasteiger charge is 2.52. The van der Waals surface area contributed by atoms with Gasteiger partial charge in [-0.15, -0.1) is 0 Å². The van der Waals surface area contributed by atoms with Crippen LogP contribution in [0.3, 0.4) is 0 Å². The first-order chi connectivity index (χ1) is 22.5. The zero-order chi connectivity index (χ0) is 31.5. The second-order valence-electron chi connectivity index (χ2n) is 13.1. The molecule has 2 fully saturated rings. The molecule has 7 rings (SSSR count). The Kier molecular flexibility index (Phi) is 8.43. The van der Waals surface area contributed by atoms with Crippen LogP contribution in [0.15, 0.2) is 102 Å². The monoisotopic (exact) mass is 607 g/mol. The number of benzene rings is 4. The number of nitrogens with zero attached hydrogens (tertiary/aromatic N) is 4. The highest BCUT2D eigenvalue weighted by Crippen LogP contribution is 2.43. The quantitative estimate of drug-likeness (QED) is 0.239. The van der Waals surface area contributed by atoms with Crippen molar-refractivity contribution in [2.75, 3.05) is 18.0 Å². The molecule has 1 N–H and O–H groups in total. The third-order valence-electron chi connectivity index (χ3n) is 10.2. The first-order valence-electron chi connectivity index (χ1n) is 16.7. The Labute approximate surface area is 272 Å². The molecular formula is C40H41N5O. The van der Waals surface area contributed by atoms with E-state index in [9.17, 15) is 10.1 Å². The number of amidine groups is 1. The smallest absolute Gasteiger partial charge is 0.350 e. The van der Waals surface area contributed by atoms with Crippen LogP contribution in [0.4, 0.5) is 10.5 Å². The zero-order valence-corrected chi connectivity index (χ0v) is 26.6. The summed E-state index contributed by atoms with van der Waals surface area (Å²) in [5.74, 6) is 0.847. The maximum absolute atomic E-state index is 14.0. The number of urea groups is 1. The van der Waals surface area contributed by atoms with E-state index < -0.39 is 5.54 Å². The Hall–Kier alpha value is -4.73. The minimum Gasteiger partial charge on any atom is -0.369 e. The molecule has 46 heavy (non-hydrogen) atoms.